The third-order valence-electron chi connectivity index (χ3n) is 4.02. The van der Waals surface area contributed by atoms with Gasteiger partial charge in [-0.05, 0) is 31.5 Å². The lowest BCUT2D eigenvalue weighted by atomic mass is 10.1. The summed E-state index contributed by atoms with van der Waals surface area (Å²) in [6.45, 7) is 4.00. The Labute approximate surface area is 149 Å². The van der Waals surface area contributed by atoms with Crippen LogP contribution in [0.25, 0.3) is 22.4 Å². The smallest absolute Gasteiger partial charge is 0.228 e. The molecule has 1 N–H and O–H groups in total. The lowest BCUT2D eigenvalue weighted by molar-refractivity contribution is 0.459. The molecule has 0 saturated carbocycles. The summed E-state index contributed by atoms with van der Waals surface area (Å²) in [6, 6.07) is 13.8. The van der Waals surface area contributed by atoms with Crippen molar-refractivity contribution in [1.29, 1.82) is 0 Å². The highest BCUT2D eigenvalue weighted by Gasteiger charge is 2.16. The summed E-state index contributed by atoms with van der Waals surface area (Å²) in [4.78, 5) is 8.62. The van der Waals surface area contributed by atoms with Crippen LogP contribution in [-0.4, -0.2) is 15.1 Å². The van der Waals surface area contributed by atoms with E-state index in [0.29, 0.717) is 27.6 Å². The number of halogens is 1. The highest BCUT2D eigenvalue weighted by atomic mass is 35.5. The van der Waals surface area contributed by atoms with Crippen LogP contribution in [0.1, 0.15) is 11.1 Å². The number of hydrogen-bond donors (Lipinski definition) is 1. The van der Waals surface area contributed by atoms with Crippen molar-refractivity contribution in [3.05, 3.63) is 64.9 Å². The molecule has 124 valence electrons. The zero-order valence-corrected chi connectivity index (χ0v) is 14.5. The number of aromatic nitrogens is 3. The van der Waals surface area contributed by atoms with Crippen LogP contribution in [0.4, 0.5) is 11.5 Å². The predicted molar refractivity (Wildman–Crippen MR) is 99.2 cm³/mol. The third kappa shape index (κ3) is 2.94. The van der Waals surface area contributed by atoms with Gasteiger partial charge in [-0.1, -0.05) is 52.7 Å². The minimum Gasteiger partial charge on any atom is -0.350 e. The van der Waals surface area contributed by atoms with E-state index in [1.54, 1.807) is 0 Å². The molecule has 4 aromatic rings. The lowest BCUT2D eigenvalue weighted by Crippen LogP contribution is -1.95. The Morgan fingerprint density at radius 2 is 1.80 bits per heavy atom. The van der Waals surface area contributed by atoms with Gasteiger partial charge in [-0.2, -0.15) is 0 Å². The number of nitrogens with one attached hydrogen (secondary N) is 1. The third-order valence-corrected chi connectivity index (χ3v) is 4.42. The van der Waals surface area contributed by atoms with E-state index in [1.807, 2.05) is 56.3 Å². The van der Waals surface area contributed by atoms with Crippen LogP contribution in [0.3, 0.4) is 0 Å². The molecule has 5 nitrogen and oxygen atoms in total. The van der Waals surface area contributed by atoms with Crippen molar-refractivity contribution in [3.8, 4) is 11.3 Å². The summed E-state index contributed by atoms with van der Waals surface area (Å²) in [7, 11) is 0. The van der Waals surface area contributed by atoms with E-state index in [2.05, 4.69) is 20.4 Å². The summed E-state index contributed by atoms with van der Waals surface area (Å²) in [5.74, 6) is 0.552. The molecule has 0 aliphatic carbocycles. The van der Waals surface area contributed by atoms with Crippen LogP contribution in [0.5, 0.6) is 0 Å². The molecule has 0 aliphatic rings. The van der Waals surface area contributed by atoms with Gasteiger partial charge in [0.1, 0.15) is 17.5 Å². The predicted octanol–water partition coefficient (Wildman–Crippen LogP) is 5.30. The van der Waals surface area contributed by atoms with E-state index in [1.165, 1.54) is 11.9 Å². The molecule has 0 unspecified atom stereocenters. The maximum absolute atomic E-state index is 6.19. The normalized spacial score (nSPS) is 11.0. The number of aryl methyl sites for hydroxylation is 2. The van der Waals surface area contributed by atoms with Gasteiger partial charge < -0.3 is 9.84 Å². The fraction of sp³-hybridized carbons (Fsp3) is 0.105. The van der Waals surface area contributed by atoms with Gasteiger partial charge in [0.25, 0.3) is 0 Å². The molecule has 4 rings (SSSR count). The SMILES string of the molecule is Cc1ccc(-c2noc3c(Nc4ccc(C)c(Cl)c4)ncnc23)cc1. The fourth-order valence-electron chi connectivity index (χ4n) is 2.56. The summed E-state index contributed by atoms with van der Waals surface area (Å²) in [6.07, 6.45) is 1.50. The molecule has 0 saturated heterocycles. The largest absolute Gasteiger partial charge is 0.350 e. The molecule has 0 bridgehead atoms. The second-order valence-corrected chi connectivity index (χ2v) is 6.29. The van der Waals surface area contributed by atoms with Crippen LogP contribution < -0.4 is 5.32 Å². The Bertz CT molecular complexity index is 1060. The average molecular weight is 351 g/mol. The first-order valence-electron chi connectivity index (χ1n) is 7.82. The Hall–Kier alpha value is -2.92. The quantitative estimate of drug-likeness (QED) is 0.543. The highest BCUT2D eigenvalue weighted by molar-refractivity contribution is 6.31. The zero-order valence-electron chi connectivity index (χ0n) is 13.7. The topological polar surface area (TPSA) is 63.8 Å². The van der Waals surface area contributed by atoms with E-state index in [9.17, 15) is 0 Å². The van der Waals surface area contributed by atoms with Crippen molar-refractivity contribution in [2.45, 2.75) is 13.8 Å². The minimum atomic E-state index is 0.509. The lowest BCUT2D eigenvalue weighted by Gasteiger charge is -2.06. The van der Waals surface area contributed by atoms with Crippen LogP contribution in [-0.2, 0) is 0 Å². The van der Waals surface area contributed by atoms with Crippen molar-refractivity contribution >= 4 is 34.2 Å². The molecule has 0 amide bonds. The van der Waals surface area contributed by atoms with E-state index < -0.39 is 0 Å². The second-order valence-electron chi connectivity index (χ2n) is 5.89. The fourth-order valence-corrected chi connectivity index (χ4v) is 2.74. The van der Waals surface area contributed by atoms with Crippen molar-refractivity contribution in [2.75, 3.05) is 5.32 Å². The monoisotopic (exact) mass is 350 g/mol. The second kappa shape index (κ2) is 6.18. The van der Waals surface area contributed by atoms with E-state index >= 15 is 0 Å². The van der Waals surface area contributed by atoms with E-state index in [-0.39, 0.29) is 0 Å². The van der Waals surface area contributed by atoms with Gasteiger partial charge in [-0.25, -0.2) is 9.97 Å². The molecule has 0 aliphatic heterocycles. The van der Waals surface area contributed by atoms with Gasteiger partial charge >= 0.3 is 0 Å². The van der Waals surface area contributed by atoms with Gasteiger partial charge in [0.05, 0.1) is 0 Å². The maximum Gasteiger partial charge on any atom is 0.228 e. The molecule has 6 heteroatoms. The molecule has 0 fully saturated rings. The Morgan fingerprint density at radius 3 is 2.56 bits per heavy atom. The zero-order chi connectivity index (χ0) is 17.4. The molecule has 2 aromatic carbocycles. The first-order valence-corrected chi connectivity index (χ1v) is 8.20. The summed E-state index contributed by atoms with van der Waals surface area (Å²) in [5.41, 5.74) is 5.85. The molecule has 2 heterocycles. The minimum absolute atomic E-state index is 0.509. The van der Waals surface area contributed by atoms with Crippen molar-refractivity contribution in [1.82, 2.24) is 15.1 Å². The number of rotatable bonds is 3. The summed E-state index contributed by atoms with van der Waals surface area (Å²) in [5, 5.41) is 8.09. The van der Waals surface area contributed by atoms with Crippen LogP contribution in [0, 0.1) is 13.8 Å². The molecular weight excluding hydrogens is 336 g/mol. The summed E-state index contributed by atoms with van der Waals surface area (Å²) < 4.78 is 5.52. The molecule has 25 heavy (non-hydrogen) atoms. The average Bonchev–Trinajstić information content (AvgIpc) is 3.04. The number of nitrogens with zero attached hydrogens (tertiary/aromatic N) is 3. The van der Waals surface area contributed by atoms with Crippen LogP contribution >= 0.6 is 11.6 Å². The van der Waals surface area contributed by atoms with Crippen molar-refractivity contribution in [2.24, 2.45) is 0 Å². The molecular formula is C19H15ClN4O. The molecule has 2 aromatic heterocycles. The Morgan fingerprint density at radius 1 is 1.00 bits per heavy atom. The standard InChI is InChI=1S/C19H15ClN4O/c1-11-3-6-13(7-4-11)16-17-18(25-24-16)19(22-10-21-17)23-14-8-5-12(2)15(20)9-14/h3-10H,1-2H3,(H,21,22,23). The van der Waals surface area contributed by atoms with Crippen LogP contribution in [0.2, 0.25) is 5.02 Å². The number of hydrogen-bond acceptors (Lipinski definition) is 5. The number of benzene rings is 2. The van der Waals surface area contributed by atoms with Gasteiger partial charge in [0, 0.05) is 16.3 Å². The van der Waals surface area contributed by atoms with E-state index in [0.717, 1.165) is 16.8 Å². The maximum atomic E-state index is 6.19. The van der Waals surface area contributed by atoms with E-state index in [4.69, 9.17) is 16.1 Å². The molecule has 0 atom stereocenters. The van der Waals surface area contributed by atoms with Gasteiger partial charge in [-0.15, -0.1) is 0 Å². The molecule has 0 spiro atoms. The van der Waals surface area contributed by atoms with Crippen molar-refractivity contribution < 1.29 is 4.52 Å². The number of fused-ring (bicyclic) bond motifs is 1. The van der Waals surface area contributed by atoms with Crippen molar-refractivity contribution in [3.63, 3.8) is 0 Å². The summed E-state index contributed by atoms with van der Waals surface area (Å²) >= 11 is 6.19. The first-order chi connectivity index (χ1) is 12.1. The molecule has 0 radical (unpaired) electrons. The Kier molecular flexibility index (Phi) is 3.86. The van der Waals surface area contributed by atoms with Gasteiger partial charge in [0.2, 0.25) is 5.58 Å². The highest BCUT2D eigenvalue weighted by Crippen LogP contribution is 2.31. The van der Waals surface area contributed by atoms with Crippen LogP contribution in [0.15, 0.2) is 53.3 Å². The van der Waals surface area contributed by atoms with Gasteiger partial charge in [0.15, 0.2) is 5.82 Å². The Balaban J connectivity index is 1.76. The number of anilines is 2. The first kappa shape index (κ1) is 15.6. The van der Waals surface area contributed by atoms with Gasteiger partial charge in [-0.3, -0.25) is 0 Å².